The Balaban J connectivity index is 2.65. The molecule has 17 heavy (non-hydrogen) atoms. The molecule has 1 aromatic rings. The van der Waals surface area contributed by atoms with Gasteiger partial charge in [0.15, 0.2) is 0 Å². The standard InChI is InChI=1S/C12H24N4O/c1-5-7-13-12(10(2)6-8-17-4)11-9-14-16(3)15-11/h9-10,12-13H,5-8H2,1-4H3. The predicted molar refractivity (Wildman–Crippen MR) is 67.7 cm³/mol. The van der Waals surface area contributed by atoms with E-state index in [1.807, 2.05) is 13.2 Å². The lowest BCUT2D eigenvalue weighted by Crippen LogP contribution is -2.29. The molecule has 0 saturated carbocycles. The van der Waals surface area contributed by atoms with Gasteiger partial charge in [0.1, 0.15) is 0 Å². The van der Waals surface area contributed by atoms with Crippen LogP contribution in [0.5, 0.6) is 0 Å². The number of hydrogen-bond donors (Lipinski definition) is 1. The number of nitrogens with zero attached hydrogens (tertiary/aromatic N) is 3. The summed E-state index contributed by atoms with van der Waals surface area (Å²) in [4.78, 5) is 1.61. The SMILES string of the molecule is CCCNC(c1cnn(C)n1)C(C)CCOC. The van der Waals surface area contributed by atoms with Crippen LogP contribution in [-0.4, -0.2) is 35.3 Å². The van der Waals surface area contributed by atoms with E-state index in [1.54, 1.807) is 11.9 Å². The molecule has 0 radical (unpaired) electrons. The summed E-state index contributed by atoms with van der Waals surface area (Å²) in [6.07, 6.45) is 3.98. The van der Waals surface area contributed by atoms with Gasteiger partial charge in [0.25, 0.3) is 0 Å². The molecule has 0 bridgehead atoms. The minimum absolute atomic E-state index is 0.263. The lowest BCUT2D eigenvalue weighted by Gasteiger charge is -2.23. The molecule has 5 heteroatoms. The molecule has 0 saturated heterocycles. The Labute approximate surface area is 104 Å². The maximum Gasteiger partial charge on any atom is 0.0999 e. The van der Waals surface area contributed by atoms with Crippen LogP contribution in [0.25, 0.3) is 0 Å². The van der Waals surface area contributed by atoms with Crippen LogP contribution in [0.3, 0.4) is 0 Å². The molecule has 0 fully saturated rings. The van der Waals surface area contributed by atoms with Crippen LogP contribution in [0.4, 0.5) is 0 Å². The fourth-order valence-electron chi connectivity index (χ4n) is 1.87. The van der Waals surface area contributed by atoms with Crippen molar-refractivity contribution in [3.05, 3.63) is 11.9 Å². The molecule has 2 unspecified atom stereocenters. The van der Waals surface area contributed by atoms with Gasteiger partial charge in [0, 0.05) is 20.8 Å². The zero-order valence-electron chi connectivity index (χ0n) is 11.3. The number of rotatable bonds is 8. The molecule has 0 aliphatic rings. The van der Waals surface area contributed by atoms with Gasteiger partial charge >= 0.3 is 0 Å². The first kappa shape index (κ1) is 14.1. The minimum atomic E-state index is 0.263. The zero-order chi connectivity index (χ0) is 12.7. The normalized spacial score (nSPS) is 14.8. The Hall–Kier alpha value is -0.940. The Morgan fingerprint density at radius 2 is 2.29 bits per heavy atom. The van der Waals surface area contributed by atoms with Crippen LogP contribution in [0, 0.1) is 5.92 Å². The van der Waals surface area contributed by atoms with E-state index in [2.05, 4.69) is 29.4 Å². The molecular weight excluding hydrogens is 216 g/mol. The maximum atomic E-state index is 5.14. The number of aromatic nitrogens is 3. The van der Waals surface area contributed by atoms with Crippen molar-refractivity contribution in [2.45, 2.75) is 32.7 Å². The van der Waals surface area contributed by atoms with Crippen molar-refractivity contribution in [1.29, 1.82) is 0 Å². The van der Waals surface area contributed by atoms with Gasteiger partial charge in [-0.2, -0.15) is 15.0 Å². The minimum Gasteiger partial charge on any atom is -0.385 e. The fraction of sp³-hybridized carbons (Fsp3) is 0.833. The van der Waals surface area contributed by atoms with Crippen molar-refractivity contribution in [2.24, 2.45) is 13.0 Å². The van der Waals surface area contributed by atoms with Crippen molar-refractivity contribution in [2.75, 3.05) is 20.3 Å². The number of aryl methyl sites for hydroxylation is 1. The van der Waals surface area contributed by atoms with E-state index in [0.29, 0.717) is 5.92 Å². The largest absolute Gasteiger partial charge is 0.385 e. The molecule has 98 valence electrons. The quantitative estimate of drug-likeness (QED) is 0.748. The summed E-state index contributed by atoms with van der Waals surface area (Å²) in [7, 11) is 3.59. The number of hydrogen-bond acceptors (Lipinski definition) is 4. The van der Waals surface area contributed by atoms with E-state index < -0.39 is 0 Å². The van der Waals surface area contributed by atoms with Crippen molar-refractivity contribution >= 4 is 0 Å². The first-order valence-corrected chi connectivity index (χ1v) is 6.27. The van der Waals surface area contributed by atoms with Gasteiger partial charge in [-0.15, -0.1) is 0 Å². The van der Waals surface area contributed by atoms with Crippen LogP contribution in [0.2, 0.25) is 0 Å². The molecule has 0 amide bonds. The van der Waals surface area contributed by atoms with Gasteiger partial charge in [-0.05, 0) is 25.3 Å². The van der Waals surface area contributed by atoms with Crippen LogP contribution in [-0.2, 0) is 11.8 Å². The van der Waals surface area contributed by atoms with Gasteiger partial charge in [0.2, 0.25) is 0 Å². The second-order valence-electron chi connectivity index (χ2n) is 4.45. The molecule has 1 rings (SSSR count). The highest BCUT2D eigenvalue weighted by Crippen LogP contribution is 2.22. The van der Waals surface area contributed by atoms with Crippen molar-refractivity contribution in [3.63, 3.8) is 0 Å². The van der Waals surface area contributed by atoms with E-state index >= 15 is 0 Å². The Bertz CT molecular complexity index is 313. The average Bonchev–Trinajstić information content (AvgIpc) is 2.73. The van der Waals surface area contributed by atoms with Crippen LogP contribution in [0.15, 0.2) is 6.20 Å². The number of ether oxygens (including phenoxy) is 1. The third kappa shape index (κ3) is 4.44. The summed E-state index contributed by atoms with van der Waals surface area (Å²) in [6, 6.07) is 0.263. The predicted octanol–water partition coefficient (Wildman–Crippen LogP) is 1.53. The average molecular weight is 240 g/mol. The summed E-state index contributed by atoms with van der Waals surface area (Å²) in [5.41, 5.74) is 1.02. The molecule has 5 nitrogen and oxygen atoms in total. The third-order valence-corrected chi connectivity index (χ3v) is 2.90. The summed E-state index contributed by atoms with van der Waals surface area (Å²) in [6.45, 7) is 6.17. The van der Waals surface area contributed by atoms with Crippen molar-refractivity contribution in [3.8, 4) is 0 Å². The molecule has 0 aliphatic carbocycles. The van der Waals surface area contributed by atoms with Crippen LogP contribution < -0.4 is 5.32 Å². The van der Waals surface area contributed by atoms with Crippen LogP contribution in [0.1, 0.15) is 38.4 Å². The molecule has 0 spiro atoms. The van der Waals surface area contributed by atoms with Crippen molar-refractivity contribution in [1.82, 2.24) is 20.3 Å². The summed E-state index contributed by atoms with van der Waals surface area (Å²) >= 11 is 0. The molecule has 1 N–H and O–H groups in total. The third-order valence-electron chi connectivity index (χ3n) is 2.90. The van der Waals surface area contributed by atoms with E-state index in [-0.39, 0.29) is 6.04 Å². The van der Waals surface area contributed by atoms with E-state index in [0.717, 1.165) is 31.7 Å². The van der Waals surface area contributed by atoms with E-state index in [4.69, 9.17) is 4.74 Å². The van der Waals surface area contributed by atoms with Gasteiger partial charge in [-0.3, -0.25) is 0 Å². The number of nitrogens with one attached hydrogen (secondary N) is 1. The molecule has 0 aromatic carbocycles. The van der Waals surface area contributed by atoms with Gasteiger partial charge in [0.05, 0.1) is 17.9 Å². The molecule has 1 aromatic heterocycles. The topological polar surface area (TPSA) is 52.0 Å². The second-order valence-corrected chi connectivity index (χ2v) is 4.45. The van der Waals surface area contributed by atoms with E-state index in [9.17, 15) is 0 Å². The second kappa shape index (κ2) is 7.40. The highest BCUT2D eigenvalue weighted by Gasteiger charge is 2.21. The maximum absolute atomic E-state index is 5.14. The van der Waals surface area contributed by atoms with Gasteiger partial charge in [-0.25, -0.2) is 0 Å². The Kier molecular flexibility index (Phi) is 6.15. The van der Waals surface area contributed by atoms with Crippen molar-refractivity contribution < 1.29 is 4.74 Å². The number of methoxy groups -OCH3 is 1. The van der Waals surface area contributed by atoms with Gasteiger partial charge < -0.3 is 10.1 Å². The smallest absolute Gasteiger partial charge is 0.0999 e. The molecular formula is C12H24N4O. The molecule has 0 aliphatic heterocycles. The Morgan fingerprint density at radius 1 is 1.53 bits per heavy atom. The van der Waals surface area contributed by atoms with Crippen LogP contribution >= 0.6 is 0 Å². The fourth-order valence-corrected chi connectivity index (χ4v) is 1.87. The Morgan fingerprint density at radius 3 is 2.82 bits per heavy atom. The summed E-state index contributed by atoms with van der Waals surface area (Å²) < 4.78 is 5.14. The first-order chi connectivity index (χ1) is 8.19. The summed E-state index contributed by atoms with van der Waals surface area (Å²) in [5, 5.41) is 12.1. The summed E-state index contributed by atoms with van der Waals surface area (Å²) in [5.74, 6) is 0.484. The highest BCUT2D eigenvalue weighted by atomic mass is 16.5. The molecule has 1 heterocycles. The monoisotopic (exact) mass is 240 g/mol. The highest BCUT2D eigenvalue weighted by molar-refractivity contribution is 5.01. The molecule has 2 atom stereocenters. The first-order valence-electron chi connectivity index (χ1n) is 6.27. The lowest BCUT2D eigenvalue weighted by molar-refractivity contribution is 0.169. The zero-order valence-corrected chi connectivity index (χ0v) is 11.3. The van der Waals surface area contributed by atoms with Gasteiger partial charge in [-0.1, -0.05) is 13.8 Å². The lowest BCUT2D eigenvalue weighted by atomic mass is 9.96. The van der Waals surface area contributed by atoms with E-state index in [1.165, 1.54) is 0 Å².